The average Bonchev–Trinajstić information content (AvgIpc) is 2.98. The van der Waals surface area contributed by atoms with Gasteiger partial charge in [0.25, 0.3) is 5.91 Å². The Kier molecular flexibility index (Phi) is 5.88. The summed E-state index contributed by atoms with van der Waals surface area (Å²) in [5.41, 5.74) is 2.47. The largest absolute Gasteiger partial charge is 0.384 e. The summed E-state index contributed by atoms with van der Waals surface area (Å²) in [4.78, 5) is 16.3. The number of benzene rings is 1. The molecule has 2 N–H and O–H groups in total. The highest BCUT2D eigenvalue weighted by atomic mass is 32.2. The Hall–Kier alpha value is -2.41. The van der Waals surface area contributed by atoms with Crippen LogP contribution in [0.4, 0.5) is 5.69 Å². The molecular formula is C19H23N3O3S. The molecule has 1 aliphatic heterocycles. The molecule has 3 rings (SSSR count). The van der Waals surface area contributed by atoms with E-state index in [0.717, 1.165) is 25.1 Å². The van der Waals surface area contributed by atoms with E-state index in [0.29, 0.717) is 12.1 Å². The van der Waals surface area contributed by atoms with Crippen molar-refractivity contribution in [2.45, 2.75) is 25.3 Å². The van der Waals surface area contributed by atoms with E-state index in [1.165, 1.54) is 5.56 Å². The number of pyridine rings is 1. The standard InChI is InChI=1S/C19H23N3O3S/c23-19(22-17-10-12-26(24,25)14-17)18-9-8-16(13-21-18)20-11-4-7-15-5-2-1-3-6-15/h1-3,5-6,8-9,13,17,20H,4,7,10-12,14H2,(H,22,23). The van der Waals surface area contributed by atoms with E-state index < -0.39 is 9.84 Å². The number of anilines is 1. The summed E-state index contributed by atoms with van der Waals surface area (Å²) in [7, 11) is -3.01. The van der Waals surface area contributed by atoms with Gasteiger partial charge in [-0.3, -0.25) is 4.79 Å². The van der Waals surface area contributed by atoms with Crippen LogP contribution in [0.1, 0.15) is 28.9 Å². The number of nitrogens with zero attached hydrogens (tertiary/aromatic N) is 1. The highest BCUT2D eigenvalue weighted by Gasteiger charge is 2.29. The third-order valence-corrected chi connectivity index (χ3v) is 6.15. The molecule has 0 spiro atoms. The van der Waals surface area contributed by atoms with Gasteiger partial charge in [-0.05, 0) is 37.0 Å². The maximum absolute atomic E-state index is 12.2. The van der Waals surface area contributed by atoms with Gasteiger partial charge in [0.2, 0.25) is 0 Å². The van der Waals surface area contributed by atoms with Crippen LogP contribution in [0.2, 0.25) is 0 Å². The Bertz CT molecular complexity index is 836. The van der Waals surface area contributed by atoms with Gasteiger partial charge in [-0.25, -0.2) is 13.4 Å². The van der Waals surface area contributed by atoms with Gasteiger partial charge in [0.15, 0.2) is 9.84 Å². The molecule has 26 heavy (non-hydrogen) atoms. The number of nitrogens with one attached hydrogen (secondary N) is 2. The van der Waals surface area contributed by atoms with Crippen LogP contribution in [0, 0.1) is 0 Å². The van der Waals surface area contributed by atoms with Crippen LogP contribution in [0.15, 0.2) is 48.7 Å². The van der Waals surface area contributed by atoms with Crippen LogP contribution in [0.5, 0.6) is 0 Å². The van der Waals surface area contributed by atoms with Crippen LogP contribution >= 0.6 is 0 Å². The summed E-state index contributed by atoms with van der Waals surface area (Å²) in [6, 6.07) is 13.5. The Balaban J connectivity index is 1.43. The Morgan fingerprint density at radius 1 is 1.15 bits per heavy atom. The molecule has 1 aliphatic rings. The molecule has 1 saturated heterocycles. The first-order valence-corrected chi connectivity index (χ1v) is 10.6. The second-order valence-electron chi connectivity index (χ2n) is 6.52. The van der Waals surface area contributed by atoms with Gasteiger partial charge in [0.05, 0.1) is 23.4 Å². The van der Waals surface area contributed by atoms with E-state index in [2.05, 4.69) is 27.8 Å². The van der Waals surface area contributed by atoms with E-state index in [9.17, 15) is 13.2 Å². The van der Waals surface area contributed by atoms with Gasteiger partial charge in [0, 0.05) is 12.6 Å². The quantitative estimate of drug-likeness (QED) is 0.725. The number of hydrogen-bond donors (Lipinski definition) is 2. The summed E-state index contributed by atoms with van der Waals surface area (Å²) in [5, 5.41) is 6.03. The second-order valence-corrected chi connectivity index (χ2v) is 8.75. The Labute approximate surface area is 154 Å². The van der Waals surface area contributed by atoms with Crippen LogP contribution in [-0.2, 0) is 16.3 Å². The monoisotopic (exact) mass is 373 g/mol. The van der Waals surface area contributed by atoms with Gasteiger partial charge in [-0.1, -0.05) is 30.3 Å². The van der Waals surface area contributed by atoms with Crippen LogP contribution in [0.3, 0.4) is 0 Å². The second kappa shape index (κ2) is 8.31. The van der Waals surface area contributed by atoms with Crippen molar-refractivity contribution in [1.29, 1.82) is 0 Å². The summed E-state index contributed by atoms with van der Waals surface area (Å²) >= 11 is 0. The molecule has 0 aliphatic carbocycles. The van der Waals surface area contributed by atoms with Crippen molar-refractivity contribution in [1.82, 2.24) is 10.3 Å². The number of carbonyl (C=O) groups excluding carboxylic acids is 1. The van der Waals surface area contributed by atoms with Crippen molar-refractivity contribution in [3.05, 3.63) is 59.9 Å². The number of carbonyl (C=O) groups is 1. The fourth-order valence-electron chi connectivity index (χ4n) is 2.97. The lowest BCUT2D eigenvalue weighted by Gasteiger charge is -2.11. The van der Waals surface area contributed by atoms with Crippen molar-refractivity contribution >= 4 is 21.4 Å². The van der Waals surface area contributed by atoms with Crippen LogP contribution in [0.25, 0.3) is 0 Å². The predicted octanol–water partition coefficient (Wildman–Crippen LogP) is 2.04. The summed E-state index contributed by atoms with van der Waals surface area (Å²) in [6.45, 7) is 0.821. The molecule has 1 atom stereocenters. The minimum atomic E-state index is -3.01. The molecule has 1 aromatic carbocycles. The molecule has 1 amide bonds. The molecule has 2 aromatic rings. The summed E-state index contributed by atoms with van der Waals surface area (Å²) in [5.74, 6) is -0.181. The first-order chi connectivity index (χ1) is 12.5. The first-order valence-electron chi connectivity index (χ1n) is 8.77. The number of hydrogen-bond acceptors (Lipinski definition) is 5. The molecule has 1 aromatic heterocycles. The zero-order valence-electron chi connectivity index (χ0n) is 14.5. The topological polar surface area (TPSA) is 88.2 Å². The lowest BCUT2D eigenvalue weighted by atomic mass is 10.1. The number of aryl methyl sites for hydroxylation is 1. The van der Waals surface area contributed by atoms with Crippen molar-refractivity contribution < 1.29 is 13.2 Å². The molecular weight excluding hydrogens is 350 g/mol. The smallest absolute Gasteiger partial charge is 0.270 e. The Morgan fingerprint density at radius 2 is 1.96 bits per heavy atom. The first kappa shape index (κ1) is 18.4. The predicted molar refractivity (Wildman–Crippen MR) is 102 cm³/mol. The zero-order chi connectivity index (χ0) is 18.4. The molecule has 0 radical (unpaired) electrons. The fraction of sp³-hybridized carbons (Fsp3) is 0.368. The lowest BCUT2D eigenvalue weighted by Crippen LogP contribution is -2.36. The van der Waals surface area contributed by atoms with Crippen LogP contribution < -0.4 is 10.6 Å². The maximum Gasteiger partial charge on any atom is 0.270 e. The molecule has 1 fully saturated rings. The van der Waals surface area contributed by atoms with Gasteiger partial charge in [-0.15, -0.1) is 0 Å². The van der Waals surface area contributed by atoms with E-state index in [1.54, 1.807) is 12.3 Å². The van der Waals surface area contributed by atoms with Gasteiger partial charge in [0.1, 0.15) is 5.69 Å². The Morgan fingerprint density at radius 3 is 2.62 bits per heavy atom. The van der Waals surface area contributed by atoms with Gasteiger partial charge < -0.3 is 10.6 Å². The van der Waals surface area contributed by atoms with Gasteiger partial charge >= 0.3 is 0 Å². The highest BCUT2D eigenvalue weighted by Crippen LogP contribution is 2.13. The SMILES string of the molecule is O=C(NC1CCS(=O)(=O)C1)c1ccc(NCCCc2ccccc2)cn1. The summed E-state index contributed by atoms with van der Waals surface area (Å²) in [6.07, 6.45) is 4.10. The molecule has 2 heterocycles. The molecule has 138 valence electrons. The minimum absolute atomic E-state index is 0.0137. The molecule has 6 nitrogen and oxygen atoms in total. The van der Waals surface area contributed by atoms with Crippen molar-refractivity contribution in [3.8, 4) is 0 Å². The molecule has 1 unspecified atom stereocenters. The lowest BCUT2D eigenvalue weighted by molar-refractivity contribution is 0.0936. The molecule has 7 heteroatoms. The average molecular weight is 373 g/mol. The van der Waals surface area contributed by atoms with E-state index in [1.807, 2.05) is 24.3 Å². The number of rotatable bonds is 7. The maximum atomic E-state index is 12.2. The summed E-state index contributed by atoms with van der Waals surface area (Å²) < 4.78 is 22.9. The molecule has 0 saturated carbocycles. The normalized spacial score (nSPS) is 18.4. The third kappa shape index (κ3) is 5.29. The van der Waals surface area contributed by atoms with Crippen molar-refractivity contribution in [3.63, 3.8) is 0 Å². The molecule has 0 bridgehead atoms. The zero-order valence-corrected chi connectivity index (χ0v) is 15.3. The highest BCUT2D eigenvalue weighted by molar-refractivity contribution is 7.91. The minimum Gasteiger partial charge on any atom is -0.384 e. The van der Waals surface area contributed by atoms with Gasteiger partial charge in [-0.2, -0.15) is 0 Å². The third-order valence-electron chi connectivity index (χ3n) is 4.38. The van der Waals surface area contributed by atoms with E-state index in [-0.39, 0.29) is 23.5 Å². The number of aromatic nitrogens is 1. The van der Waals surface area contributed by atoms with Crippen molar-refractivity contribution in [2.24, 2.45) is 0 Å². The van der Waals surface area contributed by atoms with Crippen LogP contribution in [-0.4, -0.2) is 43.4 Å². The fourth-order valence-corrected chi connectivity index (χ4v) is 4.64. The van der Waals surface area contributed by atoms with E-state index in [4.69, 9.17) is 0 Å². The number of sulfone groups is 1. The van der Waals surface area contributed by atoms with E-state index >= 15 is 0 Å². The van der Waals surface area contributed by atoms with Crippen molar-refractivity contribution in [2.75, 3.05) is 23.4 Å². The number of amides is 1.